The third-order valence-electron chi connectivity index (χ3n) is 1.79. The van der Waals surface area contributed by atoms with Crippen LogP contribution in [0.5, 0.6) is 0 Å². The van der Waals surface area contributed by atoms with Gasteiger partial charge in [0.15, 0.2) is 0 Å². The van der Waals surface area contributed by atoms with Crippen LogP contribution in [0.15, 0.2) is 11.6 Å². The number of hydrogen-bond acceptors (Lipinski definition) is 2. The van der Waals surface area contributed by atoms with Gasteiger partial charge in [-0.05, 0) is 32.6 Å². The molecule has 0 aliphatic rings. The average molecular weight is 184 g/mol. The minimum atomic E-state index is -0.189. The molecule has 0 aromatic rings. The molecule has 76 valence electrons. The zero-order valence-corrected chi connectivity index (χ0v) is 9.09. The second-order valence-electron chi connectivity index (χ2n) is 3.58. The smallest absolute Gasteiger partial charge is 0.333 e. The topological polar surface area (TPSA) is 26.3 Å². The Labute approximate surface area is 81.0 Å². The molecule has 0 fully saturated rings. The summed E-state index contributed by atoms with van der Waals surface area (Å²) in [6.07, 6.45) is 4.04. The third-order valence-corrected chi connectivity index (χ3v) is 1.79. The molecule has 0 unspecified atom stereocenters. The summed E-state index contributed by atoms with van der Waals surface area (Å²) in [5.74, 6) is 0.498. The highest BCUT2D eigenvalue weighted by atomic mass is 16.5. The summed E-state index contributed by atoms with van der Waals surface area (Å²) in [6, 6.07) is 0. The maximum atomic E-state index is 11.1. The predicted molar refractivity (Wildman–Crippen MR) is 54.5 cm³/mol. The van der Waals surface area contributed by atoms with Crippen molar-refractivity contribution in [1.82, 2.24) is 0 Å². The van der Waals surface area contributed by atoms with E-state index in [0.717, 1.165) is 18.4 Å². The summed E-state index contributed by atoms with van der Waals surface area (Å²) in [4.78, 5) is 11.1. The van der Waals surface area contributed by atoms with Crippen LogP contribution in [0, 0.1) is 5.92 Å². The van der Waals surface area contributed by atoms with E-state index in [1.807, 2.05) is 13.0 Å². The van der Waals surface area contributed by atoms with Crippen molar-refractivity contribution in [2.24, 2.45) is 5.92 Å². The minimum absolute atomic E-state index is 0.189. The van der Waals surface area contributed by atoms with Crippen LogP contribution in [-0.2, 0) is 9.53 Å². The number of ether oxygens (including phenoxy) is 1. The van der Waals surface area contributed by atoms with Crippen LogP contribution in [-0.4, -0.2) is 12.6 Å². The first-order valence-electron chi connectivity index (χ1n) is 4.91. The van der Waals surface area contributed by atoms with Crippen LogP contribution in [0.4, 0.5) is 0 Å². The SMILES string of the molecule is CCOC(=O)/C(C)=C/CCC(C)C. The molecule has 0 atom stereocenters. The molecule has 2 heteroatoms. The zero-order chi connectivity index (χ0) is 10.3. The predicted octanol–water partition coefficient (Wildman–Crippen LogP) is 2.93. The van der Waals surface area contributed by atoms with Crippen LogP contribution in [0.25, 0.3) is 0 Å². The molecule has 0 N–H and O–H groups in total. The first kappa shape index (κ1) is 12.2. The molecule has 0 bridgehead atoms. The number of allylic oxidation sites excluding steroid dienone is 1. The van der Waals surface area contributed by atoms with Gasteiger partial charge in [0.1, 0.15) is 0 Å². The summed E-state index contributed by atoms with van der Waals surface area (Å²) in [5.41, 5.74) is 0.725. The van der Waals surface area contributed by atoms with E-state index in [0.29, 0.717) is 12.5 Å². The fourth-order valence-corrected chi connectivity index (χ4v) is 0.961. The number of hydrogen-bond donors (Lipinski definition) is 0. The van der Waals surface area contributed by atoms with Gasteiger partial charge in [-0.2, -0.15) is 0 Å². The highest BCUT2D eigenvalue weighted by Gasteiger charge is 2.03. The van der Waals surface area contributed by atoms with E-state index < -0.39 is 0 Å². The number of esters is 1. The molecule has 0 aliphatic heterocycles. The van der Waals surface area contributed by atoms with Crippen molar-refractivity contribution in [2.75, 3.05) is 6.61 Å². The summed E-state index contributed by atoms with van der Waals surface area (Å²) < 4.78 is 4.85. The van der Waals surface area contributed by atoms with E-state index in [-0.39, 0.29) is 5.97 Å². The molecule has 0 amide bonds. The maximum absolute atomic E-state index is 11.1. The molecule has 0 aromatic carbocycles. The Morgan fingerprint density at radius 3 is 2.54 bits per heavy atom. The van der Waals surface area contributed by atoms with E-state index >= 15 is 0 Å². The summed E-state index contributed by atoms with van der Waals surface area (Å²) in [5, 5.41) is 0. The Kier molecular flexibility index (Phi) is 6.29. The Bertz CT molecular complexity index is 181. The number of rotatable bonds is 5. The Balaban J connectivity index is 3.80. The van der Waals surface area contributed by atoms with E-state index in [9.17, 15) is 4.79 Å². The molecule has 13 heavy (non-hydrogen) atoms. The van der Waals surface area contributed by atoms with E-state index in [4.69, 9.17) is 4.74 Å². The lowest BCUT2D eigenvalue weighted by atomic mass is 10.1. The fourth-order valence-electron chi connectivity index (χ4n) is 0.961. The molecule has 0 saturated heterocycles. The summed E-state index contributed by atoms with van der Waals surface area (Å²) >= 11 is 0. The first-order valence-corrected chi connectivity index (χ1v) is 4.91. The largest absolute Gasteiger partial charge is 0.463 e. The molecule has 0 spiro atoms. The second kappa shape index (κ2) is 6.70. The molecule has 0 aromatic heterocycles. The fraction of sp³-hybridized carbons (Fsp3) is 0.727. The van der Waals surface area contributed by atoms with Gasteiger partial charge >= 0.3 is 5.97 Å². The van der Waals surface area contributed by atoms with E-state index in [1.54, 1.807) is 6.92 Å². The van der Waals surface area contributed by atoms with Gasteiger partial charge in [0, 0.05) is 5.57 Å². The molecule has 0 aliphatic carbocycles. The molecule has 0 saturated carbocycles. The number of carbonyl (C=O) groups excluding carboxylic acids is 1. The lowest BCUT2D eigenvalue weighted by molar-refractivity contribution is -0.138. The molecule has 2 nitrogen and oxygen atoms in total. The molecule has 0 rings (SSSR count). The monoisotopic (exact) mass is 184 g/mol. The second-order valence-corrected chi connectivity index (χ2v) is 3.58. The van der Waals surface area contributed by atoms with Gasteiger partial charge in [-0.15, -0.1) is 0 Å². The van der Waals surface area contributed by atoms with Gasteiger partial charge in [0.25, 0.3) is 0 Å². The van der Waals surface area contributed by atoms with Crippen LogP contribution in [0.1, 0.15) is 40.5 Å². The third kappa shape index (κ3) is 6.38. The lowest BCUT2D eigenvalue weighted by Crippen LogP contribution is -2.05. The summed E-state index contributed by atoms with van der Waals surface area (Å²) in [7, 11) is 0. The normalized spacial score (nSPS) is 11.9. The molecule has 0 radical (unpaired) electrons. The Hall–Kier alpha value is -0.790. The van der Waals surface area contributed by atoms with Crippen LogP contribution >= 0.6 is 0 Å². The quantitative estimate of drug-likeness (QED) is 0.485. The van der Waals surface area contributed by atoms with Crippen LogP contribution < -0.4 is 0 Å². The van der Waals surface area contributed by atoms with Crippen molar-refractivity contribution < 1.29 is 9.53 Å². The van der Waals surface area contributed by atoms with Gasteiger partial charge in [-0.25, -0.2) is 4.79 Å². The van der Waals surface area contributed by atoms with Gasteiger partial charge in [-0.1, -0.05) is 19.9 Å². The standard InChI is InChI=1S/C11H20O2/c1-5-13-11(12)10(4)8-6-7-9(2)3/h8-9H,5-7H2,1-4H3/b10-8+. The van der Waals surface area contributed by atoms with Gasteiger partial charge in [-0.3, -0.25) is 0 Å². The summed E-state index contributed by atoms with van der Waals surface area (Å²) in [6.45, 7) is 8.42. The van der Waals surface area contributed by atoms with Crippen molar-refractivity contribution in [2.45, 2.75) is 40.5 Å². The highest BCUT2D eigenvalue weighted by Crippen LogP contribution is 2.07. The lowest BCUT2D eigenvalue weighted by Gasteiger charge is -2.03. The van der Waals surface area contributed by atoms with Crippen molar-refractivity contribution in [3.05, 3.63) is 11.6 Å². The number of carbonyl (C=O) groups is 1. The Morgan fingerprint density at radius 1 is 1.46 bits per heavy atom. The molecular formula is C11H20O2. The average Bonchev–Trinajstić information content (AvgIpc) is 2.04. The zero-order valence-electron chi connectivity index (χ0n) is 9.09. The van der Waals surface area contributed by atoms with E-state index in [2.05, 4.69) is 13.8 Å². The maximum Gasteiger partial charge on any atom is 0.333 e. The van der Waals surface area contributed by atoms with E-state index in [1.165, 1.54) is 0 Å². The van der Waals surface area contributed by atoms with Gasteiger partial charge in [0.05, 0.1) is 6.61 Å². The molecule has 0 heterocycles. The van der Waals surface area contributed by atoms with Crippen LogP contribution in [0.2, 0.25) is 0 Å². The minimum Gasteiger partial charge on any atom is -0.463 e. The highest BCUT2D eigenvalue weighted by molar-refractivity contribution is 5.87. The van der Waals surface area contributed by atoms with Crippen molar-refractivity contribution in [3.8, 4) is 0 Å². The van der Waals surface area contributed by atoms with Gasteiger partial charge < -0.3 is 4.74 Å². The van der Waals surface area contributed by atoms with Crippen LogP contribution in [0.3, 0.4) is 0 Å². The molecular weight excluding hydrogens is 164 g/mol. The van der Waals surface area contributed by atoms with Crippen molar-refractivity contribution in [3.63, 3.8) is 0 Å². The van der Waals surface area contributed by atoms with Gasteiger partial charge in [0.2, 0.25) is 0 Å². The first-order chi connectivity index (χ1) is 6.07. The van der Waals surface area contributed by atoms with Crippen molar-refractivity contribution in [1.29, 1.82) is 0 Å². The van der Waals surface area contributed by atoms with Crippen molar-refractivity contribution >= 4 is 5.97 Å². The Morgan fingerprint density at radius 2 is 2.08 bits per heavy atom.